The maximum Gasteiger partial charge on any atom is 0.312 e. The summed E-state index contributed by atoms with van der Waals surface area (Å²) in [5, 5.41) is 23.4. The van der Waals surface area contributed by atoms with Crippen LogP contribution in [0.1, 0.15) is 12.8 Å². The summed E-state index contributed by atoms with van der Waals surface area (Å²) in [7, 11) is 0. The second kappa shape index (κ2) is 6.96. The van der Waals surface area contributed by atoms with Crippen LogP contribution in [0.25, 0.3) is 0 Å². The number of aliphatic hydroxyl groups is 1. The highest BCUT2D eigenvalue weighted by Crippen LogP contribution is 2.28. The summed E-state index contributed by atoms with van der Waals surface area (Å²) in [6, 6.07) is 1.37. The molecule has 0 aliphatic heterocycles. The summed E-state index contributed by atoms with van der Waals surface area (Å²) in [6.45, 7) is 1.04. The largest absolute Gasteiger partial charge is 0.389 e. The van der Waals surface area contributed by atoms with Gasteiger partial charge in [0.05, 0.1) is 17.6 Å². The molecule has 0 aromatic carbocycles. The first-order valence-corrected chi connectivity index (χ1v) is 7.15. The van der Waals surface area contributed by atoms with E-state index < -0.39 is 11.0 Å². The molecule has 1 saturated carbocycles. The van der Waals surface area contributed by atoms with Crippen LogP contribution in [-0.2, 0) is 4.74 Å². The van der Waals surface area contributed by atoms with Gasteiger partial charge >= 0.3 is 5.69 Å². The summed E-state index contributed by atoms with van der Waals surface area (Å²) in [6.07, 6.45) is 3.14. The number of anilines is 1. The Labute approximate surface area is 124 Å². The quantitative estimate of drug-likeness (QED) is 0.552. The van der Waals surface area contributed by atoms with Crippen LogP contribution in [0.15, 0.2) is 16.7 Å². The molecular formula is C12H16BrN3O4. The highest BCUT2D eigenvalue weighted by atomic mass is 79.9. The van der Waals surface area contributed by atoms with Crippen LogP contribution < -0.4 is 5.32 Å². The van der Waals surface area contributed by atoms with E-state index in [1.54, 1.807) is 0 Å². The molecule has 2 rings (SSSR count). The average Bonchev–Trinajstić information content (AvgIpc) is 3.21. The van der Waals surface area contributed by atoms with E-state index in [0.717, 1.165) is 0 Å². The predicted molar refractivity (Wildman–Crippen MR) is 76.6 cm³/mol. The van der Waals surface area contributed by atoms with E-state index in [2.05, 4.69) is 26.2 Å². The SMILES string of the molecule is O=[N+]([O-])c1cc(Br)cnc1NC[C@H](O)COCC1CC1. The highest BCUT2D eigenvalue weighted by Gasteiger charge is 2.22. The number of halogens is 1. The Morgan fingerprint density at radius 2 is 2.40 bits per heavy atom. The van der Waals surface area contributed by atoms with E-state index in [1.807, 2.05) is 0 Å². The lowest BCUT2D eigenvalue weighted by atomic mass is 10.3. The molecule has 0 spiro atoms. The van der Waals surface area contributed by atoms with Crippen molar-refractivity contribution < 1.29 is 14.8 Å². The van der Waals surface area contributed by atoms with Gasteiger partial charge in [0.15, 0.2) is 0 Å². The summed E-state index contributed by atoms with van der Waals surface area (Å²) in [4.78, 5) is 14.3. The fourth-order valence-corrected chi connectivity index (χ4v) is 1.95. The second-order valence-electron chi connectivity index (χ2n) is 4.79. The third-order valence-electron chi connectivity index (χ3n) is 2.90. The zero-order chi connectivity index (χ0) is 14.5. The molecule has 0 amide bonds. The summed E-state index contributed by atoms with van der Waals surface area (Å²) in [5.41, 5.74) is -0.134. The molecule has 1 aromatic heterocycles. The number of nitrogens with zero attached hydrogens (tertiary/aromatic N) is 2. The molecule has 1 aliphatic rings. The topological polar surface area (TPSA) is 97.5 Å². The van der Waals surface area contributed by atoms with Crippen molar-refractivity contribution in [1.82, 2.24) is 4.98 Å². The average molecular weight is 346 g/mol. The first kappa shape index (κ1) is 15.1. The Kier molecular flexibility index (Phi) is 5.27. The van der Waals surface area contributed by atoms with Crippen molar-refractivity contribution in [2.75, 3.05) is 25.1 Å². The smallest absolute Gasteiger partial charge is 0.312 e. The van der Waals surface area contributed by atoms with Crippen LogP contribution in [0.5, 0.6) is 0 Å². The Bertz CT molecular complexity index is 482. The lowest BCUT2D eigenvalue weighted by molar-refractivity contribution is -0.384. The van der Waals surface area contributed by atoms with Crippen molar-refractivity contribution >= 4 is 27.4 Å². The number of aromatic nitrogens is 1. The van der Waals surface area contributed by atoms with Crippen molar-refractivity contribution in [2.45, 2.75) is 18.9 Å². The molecule has 1 heterocycles. The molecule has 1 aromatic rings. The van der Waals surface area contributed by atoms with Crippen molar-refractivity contribution in [3.05, 3.63) is 26.9 Å². The van der Waals surface area contributed by atoms with Crippen LogP contribution in [-0.4, -0.2) is 40.9 Å². The zero-order valence-corrected chi connectivity index (χ0v) is 12.4. The molecule has 7 nitrogen and oxygen atoms in total. The molecule has 1 aliphatic carbocycles. The molecule has 1 atom stereocenters. The minimum atomic E-state index is -0.723. The number of hydrogen-bond acceptors (Lipinski definition) is 6. The predicted octanol–water partition coefficient (Wildman–Crippen LogP) is 1.95. The highest BCUT2D eigenvalue weighted by molar-refractivity contribution is 9.10. The Hall–Kier alpha value is -1.25. The van der Waals surface area contributed by atoms with E-state index in [-0.39, 0.29) is 24.7 Å². The van der Waals surface area contributed by atoms with E-state index in [9.17, 15) is 15.2 Å². The van der Waals surface area contributed by atoms with E-state index >= 15 is 0 Å². The fourth-order valence-electron chi connectivity index (χ4n) is 1.63. The van der Waals surface area contributed by atoms with Gasteiger partial charge in [0.25, 0.3) is 0 Å². The molecular weight excluding hydrogens is 330 g/mol. The maximum absolute atomic E-state index is 10.9. The number of ether oxygens (including phenoxy) is 1. The van der Waals surface area contributed by atoms with Gasteiger partial charge in [-0.2, -0.15) is 0 Å². The Morgan fingerprint density at radius 3 is 3.05 bits per heavy atom. The maximum atomic E-state index is 10.9. The fraction of sp³-hybridized carbons (Fsp3) is 0.583. The molecule has 20 heavy (non-hydrogen) atoms. The third-order valence-corrected chi connectivity index (χ3v) is 3.33. The molecule has 0 bridgehead atoms. The molecule has 0 saturated heterocycles. The van der Waals surface area contributed by atoms with Crippen molar-refractivity contribution in [2.24, 2.45) is 5.92 Å². The Balaban J connectivity index is 1.81. The zero-order valence-electron chi connectivity index (χ0n) is 10.8. The monoisotopic (exact) mass is 345 g/mol. The van der Waals surface area contributed by atoms with Crippen molar-refractivity contribution in [1.29, 1.82) is 0 Å². The standard InChI is InChI=1S/C12H16BrN3O4/c13-9-3-11(16(18)19)12(14-4-9)15-5-10(17)7-20-6-8-1-2-8/h3-4,8,10,17H,1-2,5-7H2,(H,14,15)/t10-/m0/s1. The van der Waals surface area contributed by atoms with E-state index in [0.29, 0.717) is 17.0 Å². The van der Waals surface area contributed by atoms with E-state index in [4.69, 9.17) is 4.74 Å². The molecule has 8 heteroatoms. The van der Waals surface area contributed by atoms with Gasteiger partial charge < -0.3 is 15.2 Å². The molecule has 0 unspecified atom stereocenters. The Morgan fingerprint density at radius 1 is 1.65 bits per heavy atom. The van der Waals surface area contributed by atoms with Crippen LogP contribution in [0, 0.1) is 16.0 Å². The summed E-state index contributed by atoms with van der Waals surface area (Å²) in [5.74, 6) is 0.781. The van der Waals surface area contributed by atoms with Gasteiger partial charge in [0.2, 0.25) is 5.82 Å². The minimum Gasteiger partial charge on any atom is -0.389 e. The second-order valence-corrected chi connectivity index (χ2v) is 5.71. The number of hydrogen-bond donors (Lipinski definition) is 2. The molecule has 110 valence electrons. The lowest BCUT2D eigenvalue weighted by Gasteiger charge is -2.12. The van der Waals surface area contributed by atoms with Crippen molar-refractivity contribution in [3.63, 3.8) is 0 Å². The minimum absolute atomic E-state index is 0.134. The van der Waals surface area contributed by atoms with Gasteiger partial charge in [0.1, 0.15) is 0 Å². The van der Waals surface area contributed by atoms with Crippen LogP contribution in [0.3, 0.4) is 0 Å². The first-order chi connectivity index (χ1) is 9.56. The molecule has 1 fully saturated rings. The van der Waals surface area contributed by atoms with Gasteiger partial charge in [0, 0.05) is 29.9 Å². The number of nitro groups is 1. The van der Waals surface area contributed by atoms with Gasteiger partial charge in [-0.05, 0) is 34.7 Å². The number of nitrogens with one attached hydrogen (secondary N) is 1. The van der Waals surface area contributed by atoms with Crippen molar-refractivity contribution in [3.8, 4) is 0 Å². The van der Waals surface area contributed by atoms with Crippen LogP contribution in [0.4, 0.5) is 11.5 Å². The van der Waals surface area contributed by atoms with Gasteiger partial charge in [-0.3, -0.25) is 10.1 Å². The van der Waals surface area contributed by atoms with Crippen LogP contribution >= 0.6 is 15.9 Å². The normalized spacial score (nSPS) is 15.9. The summed E-state index contributed by atoms with van der Waals surface area (Å²) >= 11 is 3.13. The molecule has 0 radical (unpaired) electrons. The summed E-state index contributed by atoms with van der Waals surface area (Å²) < 4.78 is 5.88. The van der Waals surface area contributed by atoms with Gasteiger partial charge in [-0.15, -0.1) is 0 Å². The van der Waals surface area contributed by atoms with Gasteiger partial charge in [-0.25, -0.2) is 4.98 Å². The van der Waals surface area contributed by atoms with Crippen LogP contribution in [0.2, 0.25) is 0 Å². The lowest BCUT2D eigenvalue weighted by Crippen LogP contribution is -2.25. The third kappa shape index (κ3) is 4.69. The molecule has 2 N–H and O–H groups in total. The number of pyridine rings is 1. The van der Waals surface area contributed by atoms with E-state index in [1.165, 1.54) is 25.1 Å². The van der Waals surface area contributed by atoms with Gasteiger partial charge in [-0.1, -0.05) is 0 Å². The number of aliphatic hydroxyl groups excluding tert-OH is 1. The first-order valence-electron chi connectivity index (χ1n) is 6.36. The number of rotatable bonds is 8.